The maximum absolute atomic E-state index is 9.11. The first-order valence-electron chi connectivity index (χ1n) is 5.75. The first kappa shape index (κ1) is 12.8. The van der Waals surface area contributed by atoms with E-state index in [1.54, 1.807) is 24.3 Å². The van der Waals surface area contributed by atoms with Crippen molar-refractivity contribution in [3.8, 4) is 11.5 Å². The van der Waals surface area contributed by atoms with Crippen LogP contribution >= 0.6 is 0 Å². The molecule has 0 radical (unpaired) electrons. The van der Waals surface area contributed by atoms with Gasteiger partial charge in [-0.3, -0.25) is 0 Å². The summed E-state index contributed by atoms with van der Waals surface area (Å²) in [6.45, 7) is 5.50. The van der Waals surface area contributed by atoms with Gasteiger partial charge >= 0.3 is 0 Å². The SMILES string of the molecule is CCCCOCC(C)Oc1ccc(O)cc1. The van der Waals surface area contributed by atoms with Crippen LogP contribution in [-0.4, -0.2) is 24.4 Å². The van der Waals surface area contributed by atoms with Crippen molar-refractivity contribution in [2.75, 3.05) is 13.2 Å². The van der Waals surface area contributed by atoms with Gasteiger partial charge in [-0.25, -0.2) is 0 Å². The molecule has 0 spiro atoms. The van der Waals surface area contributed by atoms with Crippen LogP contribution in [0.25, 0.3) is 0 Å². The summed E-state index contributed by atoms with van der Waals surface area (Å²) < 4.78 is 11.1. The zero-order valence-electron chi connectivity index (χ0n) is 9.98. The molecule has 1 atom stereocenters. The lowest BCUT2D eigenvalue weighted by Gasteiger charge is -2.14. The Morgan fingerprint density at radius 2 is 1.94 bits per heavy atom. The summed E-state index contributed by atoms with van der Waals surface area (Å²) in [4.78, 5) is 0. The fourth-order valence-corrected chi connectivity index (χ4v) is 1.29. The summed E-state index contributed by atoms with van der Waals surface area (Å²) in [5.41, 5.74) is 0. The van der Waals surface area contributed by atoms with E-state index in [4.69, 9.17) is 14.6 Å². The average molecular weight is 224 g/mol. The molecular weight excluding hydrogens is 204 g/mol. The van der Waals surface area contributed by atoms with Crippen LogP contribution in [0.3, 0.4) is 0 Å². The molecule has 0 aliphatic carbocycles. The lowest BCUT2D eigenvalue weighted by atomic mass is 10.3. The largest absolute Gasteiger partial charge is 0.508 e. The van der Waals surface area contributed by atoms with Crippen molar-refractivity contribution in [1.82, 2.24) is 0 Å². The maximum atomic E-state index is 9.11. The van der Waals surface area contributed by atoms with Gasteiger partial charge in [-0.05, 0) is 37.6 Å². The van der Waals surface area contributed by atoms with Crippen molar-refractivity contribution in [2.45, 2.75) is 32.8 Å². The van der Waals surface area contributed by atoms with Gasteiger partial charge in [0.25, 0.3) is 0 Å². The third kappa shape index (κ3) is 5.03. The summed E-state index contributed by atoms with van der Waals surface area (Å²) in [6.07, 6.45) is 2.26. The highest BCUT2D eigenvalue weighted by Crippen LogP contribution is 2.17. The highest BCUT2D eigenvalue weighted by Gasteiger charge is 2.03. The number of phenolic OH excluding ortho intramolecular Hbond substituents is 1. The van der Waals surface area contributed by atoms with E-state index in [1.165, 1.54) is 0 Å². The minimum atomic E-state index is 0.0291. The quantitative estimate of drug-likeness (QED) is 0.724. The van der Waals surface area contributed by atoms with Crippen molar-refractivity contribution in [3.05, 3.63) is 24.3 Å². The molecule has 3 nitrogen and oxygen atoms in total. The molecule has 0 saturated carbocycles. The van der Waals surface area contributed by atoms with Crippen molar-refractivity contribution >= 4 is 0 Å². The first-order valence-corrected chi connectivity index (χ1v) is 5.75. The van der Waals surface area contributed by atoms with Crippen LogP contribution in [0.5, 0.6) is 11.5 Å². The zero-order chi connectivity index (χ0) is 11.8. The van der Waals surface area contributed by atoms with E-state index in [2.05, 4.69) is 6.92 Å². The summed E-state index contributed by atoms with van der Waals surface area (Å²) in [5.74, 6) is 1.00. The summed E-state index contributed by atoms with van der Waals surface area (Å²) >= 11 is 0. The average Bonchev–Trinajstić information content (AvgIpc) is 2.28. The molecule has 1 aromatic carbocycles. The Morgan fingerprint density at radius 3 is 2.56 bits per heavy atom. The third-order valence-electron chi connectivity index (χ3n) is 2.17. The van der Waals surface area contributed by atoms with Crippen molar-refractivity contribution < 1.29 is 14.6 Å². The van der Waals surface area contributed by atoms with Gasteiger partial charge in [0.2, 0.25) is 0 Å². The van der Waals surface area contributed by atoms with Crippen LogP contribution in [0.2, 0.25) is 0 Å². The van der Waals surface area contributed by atoms with Gasteiger partial charge in [0.15, 0.2) is 0 Å². The molecule has 0 saturated heterocycles. The minimum Gasteiger partial charge on any atom is -0.508 e. The van der Waals surface area contributed by atoms with Gasteiger partial charge in [0.05, 0.1) is 6.61 Å². The number of unbranched alkanes of at least 4 members (excludes halogenated alkanes) is 1. The van der Waals surface area contributed by atoms with E-state index in [1.807, 2.05) is 6.92 Å². The second-order valence-corrected chi connectivity index (χ2v) is 3.85. The number of aromatic hydroxyl groups is 1. The Bertz CT molecular complexity index is 282. The van der Waals surface area contributed by atoms with Crippen molar-refractivity contribution in [2.24, 2.45) is 0 Å². The molecule has 0 aliphatic rings. The van der Waals surface area contributed by atoms with Gasteiger partial charge in [0, 0.05) is 6.61 Å². The normalized spacial score (nSPS) is 12.4. The lowest BCUT2D eigenvalue weighted by molar-refractivity contribution is 0.0572. The molecule has 0 fully saturated rings. The van der Waals surface area contributed by atoms with E-state index >= 15 is 0 Å². The molecule has 16 heavy (non-hydrogen) atoms. The molecule has 0 aromatic heterocycles. The van der Waals surface area contributed by atoms with Gasteiger partial charge in [-0.2, -0.15) is 0 Å². The molecule has 0 amide bonds. The fraction of sp³-hybridized carbons (Fsp3) is 0.538. The lowest BCUT2D eigenvalue weighted by Crippen LogP contribution is -2.19. The topological polar surface area (TPSA) is 38.7 Å². The van der Waals surface area contributed by atoms with Gasteiger partial charge in [0.1, 0.15) is 17.6 Å². The van der Waals surface area contributed by atoms with Crippen LogP contribution in [0.1, 0.15) is 26.7 Å². The molecule has 1 unspecified atom stereocenters. The Labute approximate surface area is 97.0 Å². The van der Waals surface area contributed by atoms with Crippen molar-refractivity contribution in [1.29, 1.82) is 0 Å². The predicted octanol–water partition coefficient (Wildman–Crippen LogP) is 2.98. The molecule has 3 heteroatoms. The molecule has 1 N–H and O–H groups in total. The molecule has 1 aromatic rings. The molecule has 0 bridgehead atoms. The van der Waals surface area contributed by atoms with Crippen LogP contribution in [0.4, 0.5) is 0 Å². The van der Waals surface area contributed by atoms with E-state index in [0.29, 0.717) is 6.61 Å². The van der Waals surface area contributed by atoms with Crippen LogP contribution in [-0.2, 0) is 4.74 Å². The Hall–Kier alpha value is -1.22. The highest BCUT2D eigenvalue weighted by molar-refractivity contribution is 5.30. The van der Waals surface area contributed by atoms with Crippen LogP contribution in [0.15, 0.2) is 24.3 Å². The van der Waals surface area contributed by atoms with Crippen molar-refractivity contribution in [3.63, 3.8) is 0 Å². The number of rotatable bonds is 7. The summed E-state index contributed by atoms with van der Waals surface area (Å²) in [7, 11) is 0. The third-order valence-corrected chi connectivity index (χ3v) is 2.17. The van der Waals surface area contributed by atoms with E-state index in [-0.39, 0.29) is 11.9 Å². The molecule has 90 valence electrons. The van der Waals surface area contributed by atoms with E-state index < -0.39 is 0 Å². The van der Waals surface area contributed by atoms with E-state index in [0.717, 1.165) is 25.2 Å². The van der Waals surface area contributed by atoms with Crippen LogP contribution in [0, 0.1) is 0 Å². The predicted molar refractivity (Wildman–Crippen MR) is 63.9 cm³/mol. The molecule has 0 heterocycles. The number of hydrogen-bond donors (Lipinski definition) is 1. The standard InChI is InChI=1S/C13H20O3/c1-3-4-9-15-10-11(2)16-13-7-5-12(14)6-8-13/h5-8,11,14H,3-4,9-10H2,1-2H3. The van der Waals surface area contributed by atoms with Gasteiger partial charge in [-0.1, -0.05) is 13.3 Å². The summed E-state index contributed by atoms with van der Waals surface area (Å²) in [6, 6.07) is 6.72. The molecule has 0 aliphatic heterocycles. The second-order valence-electron chi connectivity index (χ2n) is 3.85. The maximum Gasteiger partial charge on any atom is 0.120 e. The first-order chi connectivity index (χ1) is 7.72. The number of hydrogen-bond acceptors (Lipinski definition) is 3. The zero-order valence-corrected chi connectivity index (χ0v) is 9.98. The molecular formula is C13H20O3. The Morgan fingerprint density at radius 1 is 1.25 bits per heavy atom. The van der Waals surface area contributed by atoms with Gasteiger partial charge < -0.3 is 14.6 Å². The smallest absolute Gasteiger partial charge is 0.120 e. The van der Waals surface area contributed by atoms with Gasteiger partial charge in [-0.15, -0.1) is 0 Å². The minimum absolute atomic E-state index is 0.0291. The monoisotopic (exact) mass is 224 g/mol. The number of ether oxygens (including phenoxy) is 2. The Balaban J connectivity index is 2.23. The van der Waals surface area contributed by atoms with E-state index in [9.17, 15) is 0 Å². The highest BCUT2D eigenvalue weighted by atomic mass is 16.5. The number of phenols is 1. The van der Waals surface area contributed by atoms with Crippen LogP contribution < -0.4 is 4.74 Å². The summed E-state index contributed by atoms with van der Waals surface area (Å²) in [5, 5.41) is 9.11. The Kier molecular flexibility index (Phi) is 5.72. The molecule has 1 rings (SSSR count). The second kappa shape index (κ2) is 7.12. The number of benzene rings is 1. The fourth-order valence-electron chi connectivity index (χ4n) is 1.29.